The van der Waals surface area contributed by atoms with Crippen LogP contribution in [0.4, 0.5) is 10.5 Å². The Labute approximate surface area is 199 Å². The summed E-state index contributed by atoms with van der Waals surface area (Å²) in [5.74, 6) is 5.58. The third-order valence-electron chi connectivity index (χ3n) is 6.43. The highest BCUT2D eigenvalue weighted by molar-refractivity contribution is 7.15. The molecule has 0 atom stereocenters. The van der Waals surface area contributed by atoms with Crippen molar-refractivity contribution in [3.8, 4) is 11.8 Å². The van der Waals surface area contributed by atoms with Gasteiger partial charge in [-0.3, -0.25) is 4.79 Å². The SMILES string of the molecule is CC1CCC(C(=O)N(c2cc(C#CC(C)(C)C)sc2C(=O)O)C2CCN(C(=O)O)CC2)CC1. The van der Waals surface area contributed by atoms with Gasteiger partial charge in [0.15, 0.2) is 0 Å². The van der Waals surface area contributed by atoms with Gasteiger partial charge in [0, 0.05) is 30.5 Å². The van der Waals surface area contributed by atoms with Crippen molar-refractivity contribution >= 4 is 35.0 Å². The van der Waals surface area contributed by atoms with Crippen LogP contribution < -0.4 is 4.90 Å². The highest BCUT2D eigenvalue weighted by Crippen LogP contribution is 2.38. The maximum atomic E-state index is 13.8. The summed E-state index contributed by atoms with van der Waals surface area (Å²) >= 11 is 1.10. The Balaban J connectivity index is 1.98. The van der Waals surface area contributed by atoms with E-state index in [0.29, 0.717) is 42.4 Å². The molecular weight excluding hydrogens is 440 g/mol. The van der Waals surface area contributed by atoms with Gasteiger partial charge >= 0.3 is 12.1 Å². The van der Waals surface area contributed by atoms with Crippen molar-refractivity contribution in [2.45, 2.75) is 72.3 Å². The molecule has 2 aliphatic rings. The zero-order chi connectivity index (χ0) is 24.3. The molecule has 1 saturated carbocycles. The van der Waals surface area contributed by atoms with Crippen LogP contribution in [0.25, 0.3) is 0 Å². The lowest BCUT2D eigenvalue weighted by molar-refractivity contribution is -0.124. The van der Waals surface area contributed by atoms with E-state index in [4.69, 9.17) is 0 Å². The Kier molecular flexibility index (Phi) is 7.73. The molecule has 0 unspecified atom stereocenters. The van der Waals surface area contributed by atoms with Gasteiger partial charge in [-0.25, -0.2) is 9.59 Å². The molecular formula is C25H34N2O5S. The molecule has 1 aliphatic heterocycles. The molecule has 2 amide bonds. The second kappa shape index (κ2) is 10.2. The topological polar surface area (TPSA) is 98.2 Å². The van der Waals surface area contributed by atoms with Gasteiger partial charge in [-0.05, 0) is 71.3 Å². The van der Waals surface area contributed by atoms with Crippen molar-refractivity contribution in [1.29, 1.82) is 0 Å². The summed E-state index contributed by atoms with van der Waals surface area (Å²) in [7, 11) is 0. The maximum absolute atomic E-state index is 13.8. The van der Waals surface area contributed by atoms with Crippen molar-refractivity contribution in [3.05, 3.63) is 15.8 Å². The van der Waals surface area contributed by atoms with Crippen molar-refractivity contribution in [2.24, 2.45) is 17.3 Å². The number of anilines is 1. The highest BCUT2D eigenvalue weighted by atomic mass is 32.1. The number of carbonyl (C=O) groups is 3. The number of aromatic carboxylic acids is 1. The monoisotopic (exact) mass is 474 g/mol. The molecule has 2 N–H and O–H groups in total. The minimum Gasteiger partial charge on any atom is -0.477 e. The van der Waals surface area contributed by atoms with E-state index < -0.39 is 12.1 Å². The standard InChI is InChI=1S/C25H34N2O5S/c1-16-5-7-17(8-6-16)22(28)27(18-10-13-26(14-11-18)24(31)32)20-15-19(9-12-25(2,3)4)33-21(20)23(29)30/h15-18H,5-8,10-11,13-14H2,1-4H3,(H,29,30)(H,31,32). The van der Waals surface area contributed by atoms with Crippen molar-refractivity contribution in [2.75, 3.05) is 18.0 Å². The number of carboxylic acid groups (broad SMARTS) is 2. The first-order valence-corrected chi connectivity index (χ1v) is 12.5. The van der Waals surface area contributed by atoms with Gasteiger partial charge in [0.05, 0.1) is 10.6 Å². The van der Waals surface area contributed by atoms with Gasteiger partial charge in [0.2, 0.25) is 5.91 Å². The van der Waals surface area contributed by atoms with Crippen LogP contribution in [0.5, 0.6) is 0 Å². The first-order chi connectivity index (χ1) is 15.5. The Morgan fingerprint density at radius 1 is 1.06 bits per heavy atom. The normalized spacial score (nSPS) is 21.8. The van der Waals surface area contributed by atoms with E-state index in [1.165, 1.54) is 4.90 Å². The second-order valence-electron chi connectivity index (χ2n) is 10.3. The summed E-state index contributed by atoms with van der Waals surface area (Å²) in [6.07, 6.45) is 3.58. The quantitative estimate of drug-likeness (QED) is 0.589. The largest absolute Gasteiger partial charge is 0.477 e. The van der Waals surface area contributed by atoms with E-state index in [-0.39, 0.29) is 28.2 Å². The molecule has 0 aromatic carbocycles. The van der Waals surface area contributed by atoms with E-state index in [0.717, 1.165) is 37.0 Å². The molecule has 1 aromatic heterocycles. The third-order valence-corrected chi connectivity index (χ3v) is 7.46. The van der Waals surface area contributed by atoms with Crippen LogP contribution in [0, 0.1) is 29.1 Å². The minimum atomic E-state index is -1.07. The van der Waals surface area contributed by atoms with Crippen LogP contribution in [0.15, 0.2) is 6.07 Å². The number of thiophene rings is 1. The van der Waals surface area contributed by atoms with E-state index in [1.54, 1.807) is 11.0 Å². The van der Waals surface area contributed by atoms with Gasteiger partial charge in [0.1, 0.15) is 4.88 Å². The zero-order valence-corrected chi connectivity index (χ0v) is 20.7. The fourth-order valence-electron chi connectivity index (χ4n) is 4.54. The fourth-order valence-corrected chi connectivity index (χ4v) is 5.38. The predicted octanol–water partition coefficient (Wildman–Crippen LogP) is 5.15. The van der Waals surface area contributed by atoms with Gasteiger partial charge in [-0.15, -0.1) is 11.3 Å². The zero-order valence-electron chi connectivity index (χ0n) is 19.9. The lowest BCUT2D eigenvalue weighted by Gasteiger charge is -2.40. The third kappa shape index (κ3) is 6.29. The van der Waals surface area contributed by atoms with E-state index >= 15 is 0 Å². The van der Waals surface area contributed by atoms with Crippen LogP contribution in [0.2, 0.25) is 0 Å². The summed E-state index contributed by atoms with van der Waals surface area (Å²) in [6, 6.07) is 1.50. The Bertz CT molecular complexity index is 952. The number of rotatable bonds is 4. The average molecular weight is 475 g/mol. The second-order valence-corrected chi connectivity index (χ2v) is 11.3. The number of carboxylic acids is 1. The summed E-state index contributed by atoms with van der Waals surface area (Å²) in [5.41, 5.74) is 0.175. The first-order valence-electron chi connectivity index (χ1n) is 11.7. The molecule has 7 nitrogen and oxygen atoms in total. The molecule has 8 heteroatoms. The van der Waals surface area contributed by atoms with Gasteiger partial charge in [0.25, 0.3) is 0 Å². The molecule has 2 heterocycles. The Hall–Kier alpha value is -2.53. The van der Waals surface area contributed by atoms with Crippen molar-refractivity contribution in [3.63, 3.8) is 0 Å². The number of hydrogen-bond donors (Lipinski definition) is 2. The molecule has 3 rings (SSSR count). The lowest BCUT2D eigenvalue weighted by Crippen LogP contribution is -2.51. The average Bonchev–Trinajstić information content (AvgIpc) is 3.17. The Morgan fingerprint density at radius 2 is 1.67 bits per heavy atom. The summed E-state index contributed by atoms with van der Waals surface area (Å²) < 4.78 is 0. The molecule has 1 saturated heterocycles. The van der Waals surface area contributed by atoms with Crippen LogP contribution in [-0.2, 0) is 4.79 Å². The fraction of sp³-hybridized carbons (Fsp3) is 0.640. The summed E-state index contributed by atoms with van der Waals surface area (Å²) in [5, 5.41) is 19.3. The smallest absolute Gasteiger partial charge is 0.407 e. The lowest BCUT2D eigenvalue weighted by atomic mass is 9.82. The first kappa shape index (κ1) is 25.1. The van der Waals surface area contributed by atoms with Crippen molar-refractivity contribution in [1.82, 2.24) is 4.90 Å². The number of hydrogen-bond acceptors (Lipinski definition) is 4. The molecule has 1 aliphatic carbocycles. The van der Waals surface area contributed by atoms with Gasteiger partial charge < -0.3 is 20.0 Å². The van der Waals surface area contributed by atoms with Crippen molar-refractivity contribution < 1.29 is 24.6 Å². The number of amides is 2. The molecule has 1 aromatic rings. The van der Waals surface area contributed by atoms with Crippen LogP contribution >= 0.6 is 11.3 Å². The molecule has 2 fully saturated rings. The van der Waals surface area contributed by atoms with E-state index in [2.05, 4.69) is 18.8 Å². The molecule has 0 spiro atoms. The molecule has 180 valence electrons. The van der Waals surface area contributed by atoms with Gasteiger partial charge in [-0.1, -0.05) is 18.8 Å². The molecule has 33 heavy (non-hydrogen) atoms. The predicted molar refractivity (Wildman–Crippen MR) is 129 cm³/mol. The molecule has 0 bridgehead atoms. The van der Waals surface area contributed by atoms with E-state index in [1.807, 2.05) is 20.8 Å². The highest BCUT2D eigenvalue weighted by Gasteiger charge is 2.37. The number of carbonyl (C=O) groups excluding carboxylic acids is 1. The maximum Gasteiger partial charge on any atom is 0.407 e. The van der Waals surface area contributed by atoms with E-state index in [9.17, 15) is 24.6 Å². The summed E-state index contributed by atoms with van der Waals surface area (Å²) in [4.78, 5) is 41.1. The van der Waals surface area contributed by atoms with Gasteiger partial charge in [-0.2, -0.15) is 0 Å². The van der Waals surface area contributed by atoms with Crippen LogP contribution in [0.3, 0.4) is 0 Å². The van der Waals surface area contributed by atoms with Crippen LogP contribution in [-0.4, -0.2) is 52.2 Å². The van der Waals surface area contributed by atoms with Crippen LogP contribution in [0.1, 0.15) is 80.8 Å². The number of likely N-dealkylation sites (tertiary alicyclic amines) is 1. The number of nitrogens with zero attached hydrogens (tertiary/aromatic N) is 2. The minimum absolute atomic E-state index is 0.0358. The molecule has 0 radical (unpaired) electrons. The Morgan fingerprint density at radius 3 is 2.18 bits per heavy atom. The number of piperidine rings is 1. The summed E-state index contributed by atoms with van der Waals surface area (Å²) in [6.45, 7) is 8.82.